The number of benzene rings is 1. The maximum atomic E-state index is 13.4. The molecule has 3 atom stereocenters. The number of fused-ring (bicyclic) bond motifs is 1. The van der Waals surface area contributed by atoms with E-state index in [9.17, 15) is 14.4 Å². The average molecular weight is 475 g/mol. The van der Waals surface area contributed by atoms with E-state index in [0.29, 0.717) is 36.6 Å². The lowest BCUT2D eigenvalue weighted by molar-refractivity contribution is -0.136. The third kappa shape index (κ3) is 6.40. The Kier molecular flexibility index (Phi) is 8.77. The second-order valence-corrected chi connectivity index (χ2v) is 9.45. The Morgan fingerprint density at radius 1 is 1.21 bits per heavy atom. The molecule has 3 rings (SSSR count). The van der Waals surface area contributed by atoms with E-state index in [1.54, 1.807) is 37.3 Å². The first-order valence-corrected chi connectivity index (χ1v) is 12.2. The second kappa shape index (κ2) is 11.6. The maximum absolute atomic E-state index is 13.4. The number of carbonyl (C=O) groups excluding carboxylic acids is 3. The second-order valence-electron chi connectivity index (χ2n) is 9.45. The highest BCUT2D eigenvalue weighted by molar-refractivity contribution is 5.99. The highest BCUT2D eigenvalue weighted by atomic mass is 16.5. The topological polar surface area (TPSA) is 100 Å². The van der Waals surface area contributed by atoms with Crippen LogP contribution in [0.3, 0.4) is 0 Å². The fourth-order valence-electron chi connectivity index (χ4n) is 4.14. The molecule has 1 aromatic carbocycles. The van der Waals surface area contributed by atoms with Gasteiger partial charge in [0.15, 0.2) is 0 Å². The molecular weight excluding hydrogens is 436 g/mol. The predicted molar refractivity (Wildman–Crippen MR) is 130 cm³/mol. The Hall–Kier alpha value is -2.81. The van der Waals surface area contributed by atoms with Crippen molar-refractivity contribution in [2.45, 2.75) is 52.2 Å². The van der Waals surface area contributed by atoms with Crippen LogP contribution in [0, 0.1) is 11.8 Å². The third-order valence-electron chi connectivity index (χ3n) is 6.45. The number of rotatable bonds is 5. The summed E-state index contributed by atoms with van der Waals surface area (Å²) in [6, 6.07) is 4.55. The SMILES string of the molecule is CCCNC(=O)Nc1ccc2c(c1)C(=O)N(C)C[C@@H](OC)[C@@H](C)CN(C(=O)C1CC1)[C@H](C)CO2. The average Bonchev–Trinajstić information content (AvgIpc) is 3.67. The number of methoxy groups -OCH3 is 1. The number of nitrogens with zero attached hydrogens (tertiary/aromatic N) is 2. The van der Waals surface area contributed by atoms with Crippen molar-refractivity contribution in [1.29, 1.82) is 0 Å². The van der Waals surface area contributed by atoms with Crippen molar-refractivity contribution in [1.82, 2.24) is 15.1 Å². The van der Waals surface area contributed by atoms with Gasteiger partial charge in [-0.2, -0.15) is 0 Å². The van der Waals surface area contributed by atoms with Gasteiger partial charge in [-0.25, -0.2) is 4.79 Å². The minimum absolute atomic E-state index is 0.0274. The summed E-state index contributed by atoms with van der Waals surface area (Å²) in [4.78, 5) is 42.0. The van der Waals surface area contributed by atoms with Gasteiger partial charge in [0.05, 0.1) is 17.7 Å². The van der Waals surface area contributed by atoms with E-state index < -0.39 is 0 Å². The molecule has 9 heteroatoms. The normalized spacial score (nSPS) is 23.8. The smallest absolute Gasteiger partial charge is 0.319 e. The van der Waals surface area contributed by atoms with Gasteiger partial charge in [-0.05, 0) is 44.4 Å². The molecule has 1 heterocycles. The molecule has 0 bridgehead atoms. The molecule has 2 N–H and O–H groups in total. The zero-order valence-electron chi connectivity index (χ0n) is 20.9. The van der Waals surface area contributed by atoms with Crippen LogP contribution in [0.2, 0.25) is 0 Å². The number of amides is 4. The van der Waals surface area contributed by atoms with E-state index in [-0.39, 0.29) is 48.4 Å². The standard InChI is InChI=1S/C25H38N4O5/c1-6-11-26-25(32)27-19-9-10-21-20(12-19)24(31)28(4)14-22(33-5)16(2)13-29(17(3)15-34-21)23(30)18-7-8-18/h9-10,12,16-18,22H,6-8,11,13-15H2,1-5H3,(H2,26,27,32)/t16-,17+,22+/m0/s1. The number of urea groups is 1. The maximum Gasteiger partial charge on any atom is 0.319 e. The van der Waals surface area contributed by atoms with E-state index in [2.05, 4.69) is 10.6 Å². The highest BCUT2D eigenvalue weighted by Gasteiger charge is 2.37. The van der Waals surface area contributed by atoms with Gasteiger partial charge in [-0.3, -0.25) is 9.59 Å². The predicted octanol–water partition coefficient (Wildman–Crippen LogP) is 2.96. The lowest BCUT2D eigenvalue weighted by atomic mass is 10.0. The van der Waals surface area contributed by atoms with Gasteiger partial charge in [-0.1, -0.05) is 13.8 Å². The fourth-order valence-corrected chi connectivity index (χ4v) is 4.14. The van der Waals surface area contributed by atoms with Crippen molar-refractivity contribution in [2.24, 2.45) is 11.8 Å². The zero-order valence-corrected chi connectivity index (χ0v) is 20.9. The summed E-state index contributed by atoms with van der Waals surface area (Å²) in [7, 11) is 3.36. The van der Waals surface area contributed by atoms with Crippen molar-refractivity contribution in [3.63, 3.8) is 0 Å². The number of hydrogen-bond donors (Lipinski definition) is 2. The van der Waals surface area contributed by atoms with Gasteiger partial charge in [0.2, 0.25) is 5.91 Å². The number of nitrogens with one attached hydrogen (secondary N) is 2. The molecular formula is C25H38N4O5. The third-order valence-corrected chi connectivity index (χ3v) is 6.45. The molecule has 0 spiro atoms. The van der Waals surface area contributed by atoms with Crippen LogP contribution in [0.15, 0.2) is 18.2 Å². The molecule has 0 saturated heterocycles. The summed E-state index contributed by atoms with van der Waals surface area (Å²) in [5, 5.41) is 5.53. The Bertz CT molecular complexity index is 888. The van der Waals surface area contributed by atoms with Crippen molar-refractivity contribution >= 4 is 23.5 Å². The number of hydrogen-bond acceptors (Lipinski definition) is 5. The molecule has 4 amide bonds. The van der Waals surface area contributed by atoms with E-state index in [0.717, 1.165) is 19.3 Å². The molecule has 188 valence electrons. The van der Waals surface area contributed by atoms with Crippen LogP contribution in [0.5, 0.6) is 5.75 Å². The first-order chi connectivity index (χ1) is 16.2. The van der Waals surface area contributed by atoms with Gasteiger partial charge in [0.25, 0.3) is 5.91 Å². The Morgan fingerprint density at radius 2 is 1.94 bits per heavy atom. The Morgan fingerprint density at radius 3 is 2.59 bits per heavy atom. The molecule has 2 aliphatic rings. The largest absolute Gasteiger partial charge is 0.491 e. The molecule has 0 aromatic heterocycles. The summed E-state index contributed by atoms with van der Waals surface area (Å²) in [5.41, 5.74) is 0.853. The van der Waals surface area contributed by atoms with E-state index in [1.165, 1.54) is 0 Å². The van der Waals surface area contributed by atoms with Gasteiger partial charge < -0.3 is 29.9 Å². The molecule has 9 nitrogen and oxygen atoms in total. The number of anilines is 1. The molecule has 1 saturated carbocycles. The minimum atomic E-state index is -0.326. The molecule has 1 aliphatic heterocycles. The van der Waals surface area contributed by atoms with Gasteiger partial charge in [0, 0.05) is 51.3 Å². The lowest BCUT2D eigenvalue weighted by Crippen LogP contribution is -2.49. The van der Waals surface area contributed by atoms with Crippen LogP contribution >= 0.6 is 0 Å². The summed E-state index contributed by atoms with van der Waals surface area (Å²) in [6.45, 7) is 7.73. The Labute approximate surface area is 202 Å². The van der Waals surface area contributed by atoms with Crippen molar-refractivity contribution in [3.8, 4) is 5.75 Å². The van der Waals surface area contributed by atoms with E-state index >= 15 is 0 Å². The van der Waals surface area contributed by atoms with Crippen LogP contribution in [-0.4, -0.2) is 80.2 Å². The summed E-state index contributed by atoms with van der Waals surface area (Å²) < 4.78 is 11.8. The first-order valence-electron chi connectivity index (χ1n) is 12.2. The molecule has 34 heavy (non-hydrogen) atoms. The van der Waals surface area contributed by atoms with Crippen LogP contribution in [0.1, 0.15) is 50.4 Å². The summed E-state index contributed by atoms with van der Waals surface area (Å²) in [5.74, 6) is 0.495. The lowest BCUT2D eigenvalue weighted by Gasteiger charge is -2.36. The monoisotopic (exact) mass is 474 g/mol. The van der Waals surface area contributed by atoms with Gasteiger partial charge in [0.1, 0.15) is 12.4 Å². The van der Waals surface area contributed by atoms with Crippen LogP contribution in [0.4, 0.5) is 10.5 Å². The van der Waals surface area contributed by atoms with Crippen molar-refractivity contribution < 1.29 is 23.9 Å². The Balaban J connectivity index is 1.90. The van der Waals surface area contributed by atoms with E-state index in [1.807, 2.05) is 25.7 Å². The van der Waals surface area contributed by atoms with Crippen LogP contribution in [0.25, 0.3) is 0 Å². The molecule has 1 fully saturated rings. The highest BCUT2D eigenvalue weighted by Crippen LogP contribution is 2.33. The quantitative estimate of drug-likeness (QED) is 0.684. The molecule has 1 aliphatic carbocycles. The summed E-state index contributed by atoms with van der Waals surface area (Å²) >= 11 is 0. The zero-order chi connectivity index (χ0) is 24.8. The molecule has 1 aromatic rings. The van der Waals surface area contributed by atoms with Gasteiger partial charge in [-0.15, -0.1) is 0 Å². The molecule has 0 unspecified atom stereocenters. The van der Waals surface area contributed by atoms with Crippen molar-refractivity contribution in [3.05, 3.63) is 23.8 Å². The molecule has 0 radical (unpaired) electrons. The van der Waals surface area contributed by atoms with Gasteiger partial charge >= 0.3 is 6.03 Å². The summed E-state index contributed by atoms with van der Waals surface area (Å²) in [6.07, 6.45) is 2.46. The van der Waals surface area contributed by atoms with Crippen molar-refractivity contribution in [2.75, 3.05) is 45.7 Å². The van der Waals surface area contributed by atoms with Crippen LogP contribution < -0.4 is 15.4 Å². The van der Waals surface area contributed by atoms with E-state index in [4.69, 9.17) is 9.47 Å². The minimum Gasteiger partial charge on any atom is -0.491 e. The first kappa shape index (κ1) is 25.8. The fraction of sp³-hybridized carbons (Fsp3) is 0.640. The number of ether oxygens (including phenoxy) is 2. The number of likely N-dealkylation sites (N-methyl/N-ethyl adjacent to an activating group) is 1. The number of carbonyl (C=O) groups is 3. The van der Waals surface area contributed by atoms with Crippen LogP contribution in [-0.2, 0) is 9.53 Å².